The van der Waals surface area contributed by atoms with E-state index in [9.17, 15) is 13.2 Å². The van der Waals surface area contributed by atoms with Gasteiger partial charge in [0.2, 0.25) is 5.79 Å². The molecule has 12 heteroatoms. The van der Waals surface area contributed by atoms with E-state index >= 15 is 0 Å². The van der Waals surface area contributed by atoms with Gasteiger partial charge in [0.25, 0.3) is 0 Å². The van der Waals surface area contributed by atoms with Crippen LogP contribution in [0, 0.1) is 0 Å². The fourth-order valence-electron chi connectivity index (χ4n) is 7.08. The molecule has 0 amide bonds. The molecule has 61 heavy (non-hydrogen) atoms. The Morgan fingerprint density at radius 1 is 0.672 bits per heavy atom. The van der Waals surface area contributed by atoms with E-state index in [1.807, 2.05) is 103 Å². The third-order valence-corrected chi connectivity index (χ3v) is 14.3. The molecule has 6 rings (SSSR count). The smallest absolute Gasteiger partial charge is 0.422 e. The molecule has 0 bridgehead atoms. The fraction of sp³-hybridized carbons (Fsp3) is 0.388. The second-order valence-electron chi connectivity index (χ2n) is 16.2. The van der Waals surface area contributed by atoms with Gasteiger partial charge in [-0.2, -0.15) is 13.2 Å². The van der Waals surface area contributed by atoms with Crippen LogP contribution in [-0.2, 0) is 60.4 Å². The Bertz CT molecular complexity index is 2070. The topological polar surface area (TPSA) is 64.6 Å². The molecule has 0 saturated carbocycles. The average molecular weight is 877 g/mol. The van der Waals surface area contributed by atoms with E-state index in [1.165, 1.54) is 12.1 Å². The van der Waals surface area contributed by atoms with Crippen molar-refractivity contribution in [3.8, 4) is 5.75 Å². The van der Waals surface area contributed by atoms with Crippen LogP contribution in [-0.4, -0.2) is 66.3 Å². The minimum absolute atomic E-state index is 0.0175. The zero-order valence-electron chi connectivity index (χ0n) is 35.3. The molecule has 0 aliphatic carbocycles. The lowest BCUT2D eigenvalue weighted by Crippen LogP contribution is -2.66. The van der Waals surface area contributed by atoms with E-state index in [0.717, 1.165) is 27.8 Å². The first-order valence-electron chi connectivity index (χ1n) is 20.4. The van der Waals surface area contributed by atoms with E-state index in [2.05, 4.69) is 26.9 Å². The standard InChI is InChI=1S/C49H55ClF3O7Si/c1-47(2,61(4)5)33-55-32-43-44(56-29-36-15-9-6-10-16-36)45(57-30-37-17-11-7-12-18-37)46(58-31-38-19-13-8-14-20-38)49(54-3,60-43)40-23-26-42(50)39(28-40)27-35-21-24-41(25-22-35)59-34-48(51,52)53/h6-26,28,43-46H,27,29-34H2,1-5H3/t43-,44-,45+,46-,49+/m1/s1. The van der Waals surface area contributed by atoms with Gasteiger partial charge in [-0.15, -0.1) is 0 Å². The largest absolute Gasteiger partial charge is 0.484 e. The second-order valence-corrected chi connectivity index (χ2v) is 20.0. The Balaban J connectivity index is 1.42. The van der Waals surface area contributed by atoms with E-state index in [0.29, 0.717) is 23.6 Å². The van der Waals surface area contributed by atoms with E-state index in [4.69, 9.17) is 44.8 Å². The molecule has 5 aromatic rings. The van der Waals surface area contributed by atoms with Crippen molar-refractivity contribution >= 4 is 20.4 Å². The van der Waals surface area contributed by atoms with Crippen LogP contribution in [0.5, 0.6) is 5.75 Å². The third kappa shape index (κ3) is 12.8. The Hall–Kier alpha value is -4.04. The van der Waals surface area contributed by atoms with Crippen LogP contribution in [0.2, 0.25) is 23.2 Å². The van der Waals surface area contributed by atoms with Crippen molar-refractivity contribution in [1.82, 2.24) is 0 Å². The zero-order valence-corrected chi connectivity index (χ0v) is 37.1. The summed E-state index contributed by atoms with van der Waals surface area (Å²) >= 11 is 6.89. The molecule has 5 aromatic carbocycles. The second kappa shape index (κ2) is 21.4. The molecule has 325 valence electrons. The summed E-state index contributed by atoms with van der Waals surface area (Å²) in [6.07, 6.45) is -7.08. The van der Waals surface area contributed by atoms with Crippen LogP contribution < -0.4 is 4.74 Å². The maximum absolute atomic E-state index is 12.8. The predicted molar refractivity (Wildman–Crippen MR) is 233 cm³/mol. The van der Waals surface area contributed by atoms with Crippen molar-refractivity contribution in [1.29, 1.82) is 0 Å². The van der Waals surface area contributed by atoms with Gasteiger partial charge in [0.1, 0.15) is 30.2 Å². The first-order valence-corrected chi connectivity index (χ1v) is 23.3. The van der Waals surface area contributed by atoms with Gasteiger partial charge in [-0.3, -0.25) is 0 Å². The summed E-state index contributed by atoms with van der Waals surface area (Å²) in [5, 5.41) is 0.473. The minimum Gasteiger partial charge on any atom is -0.484 e. The number of halogens is 4. The Kier molecular flexibility index (Phi) is 16.3. The summed E-state index contributed by atoms with van der Waals surface area (Å²) in [4.78, 5) is 0. The number of alkyl halides is 3. The van der Waals surface area contributed by atoms with E-state index in [1.54, 1.807) is 25.3 Å². The Labute approximate surface area is 364 Å². The van der Waals surface area contributed by atoms with Gasteiger partial charge in [0, 0.05) is 24.3 Å². The van der Waals surface area contributed by atoms with Gasteiger partial charge >= 0.3 is 6.18 Å². The highest BCUT2D eigenvalue weighted by Crippen LogP contribution is 2.45. The fourth-order valence-corrected chi connectivity index (χ4v) is 7.65. The van der Waals surface area contributed by atoms with Gasteiger partial charge in [-0.05, 0) is 63.5 Å². The Morgan fingerprint density at radius 2 is 1.21 bits per heavy atom. The van der Waals surface area contributed by atoms with Crippen molar-refractivity contribution < 1.29 is 46.3 Å². The molecule has 1 heterocycles. The monoisotopic (exact) mass is 875 g/mol. The average Bonchev–Trinajstić information content (AvgIpc) is 3.25. The van der Waals surface area contributed by atoms with Crippen molar-refractivity contribution in [2.75, 3.05) is 26.9 Å². The summed E-state index contributed by atoms with van der Waals surface area (Å²) in [6.45, 7) is 9.11. The van der Waals surface area contributed by atoms with Crippen molar-refractivity contribution in [3.05, 3.63) is 172 Å². The summed E-state index contributed by atoms with van der Waals surface area (Å²) in [7, 11) is 0.883. The summed E-state index contributed by atoms with van der Waals surface area (Å²) in [5.41, 5.74) is 5.09. The van der Waals surface area contributed by atoms with E-state index < -0.39 is 51.8 Å². The molecule has 5 atom stereocenters. The van der Waals surface area contributed by atoms with Crippen LogP contribution >= 0.6 is 11.6 Å². The summed E-state index contributed by atoms with van der Waals surface area (Å²) in [5.74, 6) is -1.45. The van der Waals surface area contributed by atoms with Crippen LogP contribution in [0.3, 0.4) is 0 Å². The van der Waals surface area contributed by atoms with Gasteiger partial charge in [-0.25, -0.2) is 0 Å². The molecule has 0 unspecified atom stereocenters. The highest BCUT2D eigenvalue weighted by molar-refractivity contribution is 6.59. The highest BCUT2D eigenvalue weighted by atomic mass is 35.5. The van der Waals surface area contributed by atoms with Crippen LogP contribution in [0.4, 0.5) is 13.2 Å². The molecule has 7 nitrogen and oxygen atoms in total. The molecule has 0 spiro atoms. The normalized spacial score (nSPS) is 20.8. The molecule has 1 aliphatic heterocycles. The molecular formula is C49H55ClF3O7Si. The number of rotatable bonds is 20. The lowest BCUT2D eigenvalue weighted by atomic mass is 9.86. The first-order chi connectivity index (χ1) is 29.3. The molecule has 1 saturated heterocycles. The molecule has 0 N–H and O–H groups in total. The zero-order chi connectivity index (χ0) is 43.5. The number of methoxy groups -OCH3 is 1. The SMILES string of the molecule is CO[C@@]1(c2ccc(Cl)c(Cc3ccc(OCC(F)(F)F)cc3)c2)O[C@H](COCC(C)(C)[Si](C)C)[C@@H](OCc2ccccc2)[C@H](OCc2ccccc2)[C@H]1OCc1ccccc1. The van der Waals surface area contributed by atoms with Gasteiger partial charge in [0.05, 0.1) is 35.2 Å². The highest BCUT2D eigenvalue weighted by Gasteiger charge is 2.58. The number of benzene rings is 5. The van der Waals surface area contributed by atoms with Crippen molar-refractivity contribution in [2.24, 2.45) is 0 Å². The molecule has 0 aromatic heterocycles. The third-order valence-electron chi connectivity index (χ3n) is 11.1. The van der Waals surface area contributed by atoms with Crippen molar-refractivity contribution in [2.45, 2.75) is 94.6 Å². The van der Waals surface area contributed by atoms with Crippen LogP contribution in [0.25, 0.3) is 0 Å². The van der Waals surface area contributed by atoms with Crippen molar-refractivity contribution in [3.63, 3.8) is 0 Å². The summed E-state index contributed by atoms with van der Waals surface area (Å²) < 4.78 is 84.7. The molecule has 1 aliphatic rings. The molecular weight excluding hydrogens is 821 g/mol. The number of hydrogen-bond acceptors (Lipinski definition) is 7. The van der Waals surface area contributed by atoms with Gasteiger partial charge in [-0.1, -0.05) is 148 Å². The number of hydrogen-bond donors (Lipinski definition) is 0. The van der Waals surface area contributed by atoms with E-state index in [-0.39, 0.29) is 37.2 Å². The van der Waals surface area contributed by atoms with Gasteiger partial charge in [0.15, 0.2) is 6.61 Å². The molecule has 1 fully saturated rings. The summed E-state index contributed by atoms with van der Waals surface area (Å²) in [6, 6.07) is 41.9. The first kappa shape index (κ1) is 46.5. The quantitative estimate of drug-likeness (QED) is 0.0722. The number of ether oxygens (including phenoxy) is 7. The lowest BCUT2D eigenvalue weighted by Gasteiger charge is -2.52. The maximum Gasteiger partial charge on any atom is 0.422 e. The molecule has 1 radical (unpaired) electrons. The maximum atomic E-state index is 12.8. The Morgan fingerprint density at radius 3 is 1.74 bits per heavy atom. The minimum atomic E-state index is -4.44. The van der Waals surface area contributed by atoms with Crippen LogP contribution in [0.15, 0.2) is 133 Å². The lowest BCUT2D eigenvalue weighted by molar-refractivity contribution is -0.385. The predicted octanol–water partition coefficient (Wildman–Crippen LogP) is 11.4. The van der Waals surface area contributed by atoms with Crippen LogP contribution in [0.1, 0.15) is 47.2 Å². The van der Waals surface area contributed by atoms with Gasteiger partial charge < -0.3 is 33.2 Å².